The molecule has 0 bridgehead atoms. The van der Waals surface area contributed by atoms with Crippen molar-refractivity contribution < 1.29 is 10.2 Å². The lowest BCUT2D eigenvalue weighted by Gasteiger charge is -2.26. The normalized spacial score (nSPS) is 21.9. The monoisotopic (exact) mass is 213 g/mol. The molecule has 0 saturated heterocycles. The standard InChI is InChI=1S/C12H23NO2/c1-12(9-14,10-15)8-13-7-11-5-3-2-4-6-11/h2-3,11,13-15H,4-10H2,1H3. The molecule has 1 aliphatic carbocycles. The first-order valence-corrected chi connectivity index (χ1v) is 5.77. The van der Waals surface area contributed by atoms with Crippen LogP contribution in [0.15, 0.2) is 12.2 Å². The maximum absolute atomic E-state index is 9.11. The van der Waals surface area contributed by atoms with Crippen LogP contribution in [0, 0.1) is 11.3 Å². The van der Waals surface area contributed by atoms with Crippen LogP contribution >= 0.6 is 0 Å². The molecule has 3 heteroatoms. The van der Waals surface area contributed by atoms with E-state index in [-0.39, 0.29) is 18.6 Å². The van der Waals surface area contributed by atoms with Crippen LogP contribution in [0.4, 0.5) is 0 Å². The lowest BCUT2D eigenvalue weighted by Crippen LogP contribution is -2.39. The van der Waals surface area contributed by atoms with Crippen molar-refractivity contribution >= 4 is 0 Å². The van der Waals surface area contributed by atoms with Crippen molar-refractivity contribution in [1.82, 2.24) is 5.32 Å². The molecule has 15 heavy (non-hydrogen) atoms. The Balaban J connectivity index is 2.17. The summed E-state index contributed by atoms with van der Waals surface area (Å²) in [5.74, 6) is 0.719. The molecule has 0 heterocycles. The summed E-state index contributed by atoms with van der Waals surface area (Å²) >= 11 is 0. The summed E-state index contributed by atoms with van der Waals surface area (Å²) < 4.78 is 0. The number of aliphatic hydroxyl groups excluding tert-OH is 2. The summed E-state index contributed by atoms with van der Waals surface area (Å²) in [6, 6.07) is 0. The van der Waals surface area contributed by atoms with Gasteiger partial charge in [0.15, 0.2) is 0 Å². The molecule has 0 aromatic rings. The van der Waals surface area contributed by atoms with Gasteiger partial charge in [-0.15, -0.1) is 0 Å². The third kappa shape index (κ3) is 4.33. The minimum atomic E-state index is -0.384. The fraction of sp³-hybridized carbons (Fsp3) is 0.833. The van der Waals surface area contributed by atoms with Crippen LogP contribution < -0.4 is 5.32 Å². The molecule has 1 unspecified atom stereocenters. The van der Waals surface area contributed by atoms with E-state index in [2.05, 4.69) is 17.5 Å². The van der Waals surface area contributed by atoms with Gasteiger partial charge in [0.05, 0.1) is 13.2 Å². The first-order valence-electron chi connectivity index (χ1n) is 5.77. The molecular weight excluding hydrogens is 190 g/mol. The van der Waals surface area contributed by atoms with E-state index in [1.54, 1.807) is 0 Å². The lowest BCUT2D eigenvalue weighted by molar-refractivity contribution is 0.0689. The Morgan fingerprint density at radius 2 is 2.07 bits per heavy atom. The van der Waals surface area contributed by atoms with E-state index in [9.17, 15) is 0 Å². The van der Waals surface area contributed by atoms with E-state index in [0.717, 1.165) is 18.9 Å². The molecule has 0 aromatic carbocycles. The molecule has 1 rings (SSSR count). The van der Waals surface area contributed by atoms with Gasteiger partial charge >= 0.3 is 0 Å². The van der Waals surface area contributed by atoms with Crippen LogP contribution in [0.25, 0.3) is 0 Å². The Labute approximate surface area is 92.2 Å². The van der Waals surface area contributed by atoms with Crippen molar-refractivity contribution in [3.8, 4) is 0 Å². The molecule has 0 aliphatic heterocycles. The van der Waals surface area contributed by atoms with Gasteiger partial charge < -0.3 is 15.5 Å². The molecule has 0 radical (unpaired) electrons. The Hall–Kier alpha value is -0.380. The molecule has 3 nitrogen and oxygen atoms in total. The highest BCUT2D eigenvalue weighted by atomic mass is 16.3. The topological polar surface area (TPSA) is 52.5 Å². The van der Waals surface area contributed by atoms with Crippen molar-refractivity contribution in [2.24, 2.45) is 11.3 Å². The van der Waals surface area contributed by atoms with Crippen molar-refractivity contribution in [2.75, 3.05) is 26.3 Å². The van der Waals surface area contributed by atoms with Gasteiger partial charge in [0.1, 0.15) is 0 Å². The van der Waals surface area contributed by atoms with E-state index in [0.29, 0.717) is 6.54 Å². The molecule has 3 N–H and O–H groups in total. The van der Waals surface area contributed by atoms with Gasteiger partial charge in [0.2, 0.25) is 0 Å². The van der Waals surface area contributed by atoms with E-state index >= 15 is 0 Å². The summed E-state index contributed by atoms with van der Waals surface area (Å²) in [4.78, 5) is 0. The molecule has 0 saturated carbocycles. The summed E-state index contributed by atoms with van der Waals surface area (Å²) in [5.41, 5.74) is -0.384. The average Bonchev–Trinajstić information content (AvgIpc) is 2.30. The predicted molar refractivity (Wildman–Crippen MR) is 61.6 cm³/mol. The SMILES string of the molecule is CC(CO)(CO)CNCC1CC=CCC1. The van der Waals surface area contributed by atoms with Gasteiger partial charge in [-0.3, -0.25) is 0 Å². The number of hydrogen-bond donors (Lipinski definition) is 3. The lowest BCUT2D eigenvalue weighted by atomic mass is 9.91. The smallest absolute Gasteiger partial charge is 0.0518 e. The van der Waals surface area contributed by atoms with Crippen molar-refractivity contribution in [3.05, 3.63) is 12.2 Å². The zero-order chi connectivity index (χ0) is 11.1. The van der Waals surface area contributed by atoms with Crippen LogP contribution in [0.1, 0.15) is 26.2 Å². The van der Waals surface area contributed by atoms with Crippen molar-refractivity contribution in [2.45, 2.75) is 26.2 Å². The van der Waals surface area contributed by atoms with Crippen LogP contribution in [0.5, 0.6) is 0 Å². The molecular formula is C12H23NO2. The maximum atomic E-state index is 9.11. The summed E-state index contributed by atoms with van der Waals surface area (Å²) in [5, 5.41) is 21.6. The average molecular weight is 213 g/mol. The van der Waals surface area contributed by atoms with Gasteiger partial charge in [-0.25, -0.2) is 0 Å². The Bertz CT molecular complexity index is 200. The third-order valence-corrected chi connectivity index (χ3v) is 3.13. The van der Waals surface area contributed by atoms with Gasteiger partial charge in [0, 0.05) is 12.0 Å². The molecule has 0 spiro atoms. The van der Waals surface area contributed by atoms with Gasteiger partial charge in [-0.2, -0.15) is 0 Å². The fourth-order valence-electron chi connectivity index (χ4n) is 1.78. The van der Waals surface area contributed by atoms with Crippen LogP contribution in [-0.4, -0.2) is 36.5 Å². The molecule has 1 aliphatic rings. The number of hydrogen-bond acceptors (Lipinski definition) is 3. The van der Waals surface area contributed by atoms with Crippen LogP contribution in [-0.2, 0) is 0 Å². The summed E-state index contributed by atoms with van der Waals surface area (Å²) in [6.07, 6.45) is 8.07. The fourth-order valence-corrected chi connectivity index (χ4v) is 1.78. The Kier molecular flexibility index (Phi) is 5.29. The highest BCUT2D eigenvalue weighted by Gasteiger charge is 2.22. The third-order valence-electron chi connectivity index (χ3n) is 3.13. The minimum Gasteiger partial charge on any atom is -0.396 e. The van der Waals surface area contributed by atoms with Crippen molar-refractivity contribution in [1.29, 1.82) is 0 Å². The number of allylic oxidation sites excluding steroid dienone is 2. The van der Waals surface area contributed by atoms with Gasteiger partial charge in [-0.1, -0.05) is 19.1 Å². The van der Waals surface area contributed by atoms with Crippen LogP contribution in [0.2, 0.25) is 0 Å². The summed E-state index contributed by atoms with van der Waals surface area (Å²) in [7, 11) is 0. The highest BCUT2D eigenvalue weighted by molar-refractivity contribution is 4.90. The van der Waals surface area contributed by atoms with Gasteiger partial charge in [0.25, 0.3) is 0 Å². The number of aliphatic hydroxyl groups is 2. The molecule has 0 amide bonds. The second kappa shape index (κ2) is 6.26. The van der Waals surface area contributed by atoms with E-state index in [4.69, 9.17) is 10.2 Å². The first kappa shape index (κ1) is 12.7. The second-order valence-corrected chi connectivity index (χ2v) is 4.91. The maximum Gasteiger partial charge on any atom is 0.0518 e. The number of nitrogens with one attached hydrogen (secondary N) is 1. The molecule has 1 atom stereocenters. The van der Waals surface area contributed by atoms with E-state index < -0.39 is 0 Å². The largest absolute Gasteiger partial charge is 0.396 e. The minimum absolute atomic E-state index is 0.0288. The van der Waals surface area contributed by atoms with E-state index in [1.807, 2.05) is 6.92 Å². The summed E-state index contributed by atoms with van der Waals surface area (Å²) in [6.45, 7) is 3.61. The predicted octanol–water partition coefficient (Wildman–Crippen LogP) is 0.923. The van der Waals surface area contributed by atoms with Crippen molar-refractivity contribution in [3.63, 3.8) is 0 Å². The Morgan fingerprint density at radius 3 is 2.60 bits per heavy atom. The van der Waals surface area contributed by atoms with E-state index in [1.165, 1.54) is 12.8 Å². The second-order valence-electron chi connectivity index (χ2n) is 4.91. The zero-order valence-corrected chi connectivity index (χ0v) is 9.58. The molecule has 0 aromatic heterocycles. The number of rotatable bonds is 6. The molecule has 88 valence electrons. The zero-order valence-electron chi connectivity index (χ0n) is 9.58. The molecule has 0 fully saturated rings. The van der Waals surface area contributed by atoms with Gasteiger partial charge in [-0.05, 0) is 31.7 Å². The quantitative estimate of drug-likeness (QED) is 0.575. The Morgan fingerprint density at radius 1 is 1.33 bits per heavy atom. The first-order chi connectivity index (χ1) is 7.20. The highest BCUT2D eigenvalue weighted by Crippen LogP contribution is 2.18. The van der Waals surface area contributed by atoms with Crippen LogP contribution in [0.3, 0.4) is 0 Å².